The molecule has 1 unspecified atom stereocenters. The molecule has 2 aromatic rings. The topological polar surface area (TPSA) is 28.7 Å². The lowest BCUT2D eigenvalue weighted by molar-refractivity contribution is 1.09. The van der Waals surface area contributed by atoms with E-state index in [9.17, 15) is 0 Å². The summed E-state index contributed by atoms with van der Waals surface area (Å²) in [7, 11) is 0. The highest BCUT2D eigenvalue weighted by Gasteiger charge is 2.11. The number of hydrogen-bond acceptors (Lipinski definition) is 2. The van der Waals surface area contributed by atoms with Gasteiger partial charge in [-0.2, -0.15) is 5.10 Å². The Bertz CT molecular complexity index is 294. The van der Waals surface area contributed by atoms with Crippen molar-refractivity contribution in [3.8, 4) is 0 Å². The lowest BCUT2D eigenvalue weighted by Crippen LogP contribution is -1.85. The van der Waals surface area contributed by atoms with Gasteiger partial charge < -0.3 is 0 Å². The molecular formula is C8H7ClN2S. The number of nitrogens with one attached hydrogen (secondary N) is 1. The number of nitrogens with zero attached hydrogens (tertiary/aromatic N) is 1. The van der Waals surface area contributed by atoms with Gasteiger partial charge in [-0.05, 0) is 11.4 Å². The molecule has 2 rings (SSSR count). The second-order valence-corrected chi connectivity index (χ2v) is 3.83. The van der Waals surface area contributed by atoms with Crippen LogP contribution in [-0.4, -0.2) is 10.2 Å². The Labute approximate surface area is 79.2 Å². The molecule has 0 saturated carbocycles. The van der Waals surface area contributed by atoms with Gasteiger partial charge in [0.05, 0.1) is 11.6 Å². The fourth-order valence-corrected chi connectivity index (χ4v) is 2.07. The molecule has 1 atom stereocenters. The second kappa shape index (κ2) is 3.29. The average molecular weight is 199 g/mol. The maximum Gasteiger partial charge on any atom is 0.0957 e. The first-order chi connectivity index (χ1) is 5.88. The number of alkyl halides is 1. The van der Waals surface area contributed by atoms with Crippen molar-refractivity contribution >= 4 is 22.9 Å². The first-order valence-corrected chi connectivity index (χ1v) is 4.85. The molecule has 62 valence electrons. The molecule has 0 aliphatic rings. The summed E-state index contributed by atoms with van der Waals surface area (Å²) in [5, 5.41) is 8.54. The number of thiophene rings is 1. The lowest BCUT2D eigenvalue weighted by Gasteiger charge is -2.01. The predicted octanol–water partition coefficient (Wildman–Crippen LogP) is 2.80. The Balaban J connectivity index is 2.27. The van der Waals surface area contributed by atoms with E-state index < -0.39 is 0 Å². The zero-order chi connectivity index (χ0) is 8.39. The summed E-state index contributed by atoms with van der Waals surface area (Å²) in [6, 6.07) is 4.02. The van der Waals surface area contributed by atoms with Gasteiger partial charge in [-0.1, -0.05) is 6.07 Å². The number of halogens is 1. The molecular weight excluding hydrogens is 192 g/mol. The highest BCUT2D eigenvalue weighted by Crippen LogP contribution is 2.30. The van der Waals surface area contributed by atoms with Gasteiger partial charge in [0.2, 0.25) is 0 Å². The molecule has 1 N–H and O–H groups in total. The molecule has 0 spiro atoms. The van der Waals surface area contributed by atoms with Crippen molar-refractivity contribution in [2.75, 3.05) is 0 Å². The normalized spacial score (nSPS) is 13.1. The molecule has 0 amide bonds. The van der Waals surface area contributed by atoms with E-state index in [1.165, 1.54) is 0 Å². The maximum atomic E-state index is 6.16. The highest BCUT2D eigenvalue weighted by molar-refractivity contribution is 7.10. The zero-order valence-corrected chi connectivity index (χ0v) is 7.77. The van der Waals surface area contributed by atoms with Gasteiger partial charge >= 0.3 is 0 Å². The SMILES string of the molecule is ClC(c1cn[nH]c1)c1cccs1. The van der Waals surface area contributed by atoms with Crippen molar-refractivity contribution in [1.29, 1.82) is 0 Å². The molecule has 0 aliphatic heterocycles. The van der Waals surface area contributed by atoms with Crippen molar-refractivity contribution < 1.29 is 0 Å². The highest BCUT2D eigenvalue weighted by atomic mass is 35.5. The monoisotopic (exact) mass is 198 g/mol. The van der Waals surface area contributed by atoms with E-state index in [1.54, 1.807) is 17.5 Å². The smallest absolute Gasteiger partial charge is 0.0957 e. The van der Waals surface area contributed by atoms with Crippen LogP contribution in [0.2, 0.25) is 0 Å². The minimum absolute atomic E-state index is 0.0660. The van der Waals surface area contributed by atoms with Gasteiger partial charge in [-0.3, -0.25) is 5.10 Å². The van der Waals surface area contributed by atoms with Crippen molar-refractivity contribution in [2.24, 2.45) is 0 Å². The van der Waals surface area contributed by atoms with Gasteiger partial charge in [-0.25, -0.2) is 0 Å². The van der Waals surface area contributed by atoms with Gasteiger partial charge in [-0.15, -0.1) is 22.9 Å². The Kier molecular flexibility index (Phi) is 2.15. The Morgan fingerprint density at radius 1 is 1.58 bits per heavy atom. The Morgan fingerprint density at radius 2 is 2.50 bits per heavy atom. The van der Waals surface area contributed by atoms with Crippen LogP contribution in [0.15, 0.2) is 29.9 Å². The number of H-pyrrole nitrogens is 1. The fourth-order valence-electron chi connectivity index (χ4n) is 0.999. The fraction of sp³-hybridized carbons (Fsp3) is 0.125. The van der Waals surface area contributed by atoms with Crippen LogP contribution < -0.4 is 0 Å². The van der Waals surface area contributed by atoms with Crippen LogP contribution in [0.4, 0.5) is 0 Å². The van der Waals surface area contributed by atoms with Crippen molar-refractivity contribution in [1.82, 2.24) is 10.2 Å². The largest absolute Gasteiger partial charge is 0.285 e. The maximum absolute atomic E-state index is 6.16. The van der Waals surface area contributed by atoms with Crippen LogP contribution in [0, 0.1) is 0 Å². The molecule has 0 fully saturated rings. The van der Waals surface area contributed by atoms with Crippen molar-refractivity contribution in [3.05, 3.63) is 40.3 Å². The van der Waals surface area contributed by atoms with E-state index in [1.807, 2.05) is 23.7 Å². The number of rotatable bonds is 2. The lowest BCUT2D eigenvalue weighted by atomic mass is 10.2. The summed E-state index contributed by atoms with van der Waals surface area (Å²) < 4.78 is 0. The van der Waals surface area contributed by atoms with Crippen molar-refractivity contribution in [2.45, 2.75) is 5.38 Å². The Morgan fingerprint density at radius 3 is 3.08 bits per heavy atom. The minimum atomic E-state index is -0.0660. The third-order valence-electron chi connectivity index (χ3n) is 1.61. The molecule has 0 aromatic carbocycles. The summed E-state index contributed by atoms with van der Waals surface area (Å²) >= 11 is 7.82. The van der Waals surface area contributed by atoms with Crippen LogP contribution >= 0.6 is 22.9 Å². The second-order valence-electron chi connectivity index (χ2n) is 2.41. The van der Waals surface area contributed by atoms with Gasteiger partial charge in [0, 0.05) is 16.6 Å². The van der Waals surface area contributed by atoms with Crippen LogP contribution in [-0.2, 0) is 0 Å². The summed E-state index contributed by atoms with van der Waals surface area (Å²) in [4.78, 5) is 1.15. The van der Waals surface area contributed by atoms with Gasteiger partial charge in [0.25, 0.3) is 0 Å². The van der Waals surface area contributed by atoms with Crippen LogP contribution in [0.25, 0.3) is 0 Å². The van der Waals surface area contributed by atoms with Gasteiger partial charge in [0.15, 0.2) is 0 Å². The molecule has 4 heteroatoms. The minimum Gasteiger partial charge on any atom is -0.285 e. The molecule has 12 heavy (non-hydrogen) atoms. The molecule has 2 heterocycles. The van der Waals surface area contributed by atoms with Crippen LogP contribution in [0.3, 0.4) is 0 Å². The molecule has 2 nitrogen and oxygen atoms in total. The van der Waals surface area contributed by atoms with E-state index in [-0.39, 0.29) is 5.38 Å². The molecule has 0 bridgehead atoms. The van der Waals surface area contributed by atoms with Crippen molar-refractivity contribution in [3.63, 3.8) is 0 Å². The summed E-state index contributed by atoms with van der Waals surface area (Å²) in [6.07, 6.45) is 3.56. The van der Waals surface area contributed by atoms with Gasteiger partial charge in [0.1, 0.15) is 0 Å². The molecule has 0 saturated heterocycles. The van der Waals surface area contributed by atoms with Crippen LogP contribution in [0.1, 0.15) is 15.8 Å². The van der Waals surface area contributed by atoms with E-state index in [4.69, 9.17) is 11.6 Å². The Hall–Kier alpha value is -0.800. The third-order valence-corrected chi connectivity index (χ3v) is 3.16. The number of hydrogen-bond donors (Lipinski definition) is 1. The summed E-state index contributed by atoms with van der Waals surface area (Å²) in [5.41, 5.74) is 1.01. The van der Waals surface area contributed by atoms with E-state index >= 15 is 0 Å². The van der Waals surface area contributed by atoms with E-state index in [0.29, 0.717) is 0 Å². The summed E-state index contributed by atoms with van der Waals surface area (Å²) in [5.74, 6) is 0. The molecule has 0 aliphatic carbocycles. The van der Waals surface area contributed by atoms with E-state index in [2.05, 4.69) is 10.2 Å². The van der Waals surface area contributed by atoms with E-state index in [0.717, 1.165) is 10.4 Å². The third kappa shape index (κ3) is 1.38. The zero-order valence-electron chi connectivity index (χ0n) is 6.20. The average Bonchev–Trinajstić information content (AvgIpc) is 2.77. The first kappa shape index (κ1) is 7.83. The summed E-state index contributed by atoms with van der Waals surface area (Å²) in [6.45, 7) is 0. The molecule has 0 radical (unpaired) electrons. The predicted molar refractivity (Wildman–Crippen MR) is 50.6 cm³/mol. The molecule has 2 aromatic heterocycles. The quantitative estimate of drug-likeness (QED) is 0.739. The standard InChI is InChI=1S/C8H7ClN2S/c9-8(6-4-10-11-5-6)7-2-1-3-12-7/h1-5,8H,(H,10,11). The number of aromatic amines is 1. The first-order valence-electron chi connectivity index (χ1n) is 3.54. The number of aromatic nitrogens is 2. The van der Waals surface area contributed by atoms with Crippen LogP contribution in [0.5, 0.6) is 0 Å².